The molecule has 0 spiro atoms. The largest absolute Gasteiger partial charge is 0.375 e. The molecule has 0 bridgehead atoms. The maximum absolute atomic E-state index is 13.0. The van der Waals surface area contributed by atoms with E-state index in [1.807, 2.05) is 40.9 Å². The molecule has 1 aromatic heterocycles. The van der Waals surface area contributed by atoms with Gasteiger partial charge in [-0.05, 0) is 32.1 Å². The number of nitrogens with two attached hydrogens (primary N) is 1. The van der Waals surface area contributed by atoms with Gasteiger partial charge in [-0.3, -0.25) is 9.59 Å². The average Bonchev–Trinajstić information content (AvgIpc) is 3.35. The normalized spacial score (nSPS) is 23.7. The van der Waals surface area contributed by atoms with E-state index in [0.29, 0.717) is 37.0 Å². The minimum absolute atomic E-state index is 0.00745. The Bertz CT molecular complexity index is 927. The van der Waals surface area contributed by atoms with Crippen LogP contribution in [0.15, 0.2) is 29.6 Å². The Labute approximate surface area is 175 Å². The summed E-state index contributed by atoms with van der Waals surface area (Å²) in [7, 11) is 3.83. The lowest BCUT2D eigenvalue weighted by molar-refractivity contribution is -0.133. The first kappa shape index (κ1) is 19.8. The molecular weight excluding hydrogens is 386 g/mol. The maximum Gasteiger partial charge on any atom is 0.273 e. The number of nitrogen functional groups attached to an aromatic ring is 1. The number of aryl methyl sites for hydroxylation is 1. The lowest BCUT2D eigenvalue weighted by Gasteiger charge is -2.31. The van der Waals surface area contributed by atoms with Crippen LogP contribution in [0.25, 0.3) is 0 Å². The highest BCUT2D eigenvalue weighted by molar-refractivity contribution is 7.13. The molecule has 29 heavy (non-hydrogen) atoms. The number of fused-ring (bicyclic) bond motifs is 1. The van der Waals surface area contributed by atoms with Crippen molar-refractivity contribution in [1.29, 1.82) is 0 Å². The smallest absolute Gasteiger partial charge is 0.273 e. The molecule has 1 aromatic carbocycles. The fourth-order valence-corrected chi connectivity index (χ4v) is 5.23. The van der Waals surface area contributed by atoms with E-state index in [2.05, 4.69) is 24.0 Å². The number of likely N-dealkylation sites (N-methyl/N-ethyl adjacent to an activating group) is 1. The Morgan fingerprint density at radius 3 is 2.66 bits per heavy atom. The van der Waals surface area contributed by atoms with Crippen molar-refractivity contribution < 1.29 is 9.59 Å². The topological polar surface area (TPSA) is 82.8 Å². The van der Waals surface area contributed by atoms with Gasteiger partial charge in [0.15, 0.2) is 5.13 Å². The standard InChI is InChI=1S/C21H27N5O2S/c1-13-6-4-5-7-15(13)19-16-10-25(20(28)17-12-29-21(22)23-17)8-14(16)9-26(19)18(27)11-24(2)3/h4-7,12,14,16,19H,8-11H2,1-3H3,(H2,22,23)/t14-,16-,19+/m1/s1. The summed E-state index contributed by atoms with van der Waals surface area (Å²) in [5.74, 6) is 0.567. The van der Waals surface area contributed by atoms with Crippen LogP contribution in [0.3, 0.4) is 0 Å². The highest BCUT2D eigenvalue weighted by Crippen LogP contribution is 2.46. The van der Waals surface area contributed by atoms with Crippen molar-refractivity contribution in [2.45, 2.75) is 13.0 Å². The Hall–Kier alpha value is -2.45. The lowest BCUT2D eigenvalue weighted by atomic mass is 9.87. The predicted octanol–water partition coefficient (Wildman–Crippen LogP) is 1.87. The zero-order valence-electron chi connectivity index (χ0n) is 17.0. The van der Waals surface area contributed by atoms with E-state index in [-0.39, 0.29) is 29.7 Å². The Kier molecular flexibility index (Phi) is 5.31. The van der Waals surface area contributed by atoms with Gasteiger partial charge in [-0.2, -0.15) is 0 Å². The van der Waals surface area contributed by atoms with Gasteiger partial charge >= 0.3 is 0 Å². The van der Waals surface area contributed by atoms with Gasteiger partial charge in [0.05, 0.1) is 12.6 Å². The predicted molar refractivity (Wildman–Crippen MR) is 114 cm³/mol. The molecule has 3 atom stereocenters. The minimum atomic E-state index is -0.0675. The van der Waals surface area contributed by atoms with E-state index in [1.54, 1.807) is 5.38 Å². The molecule has 4 rings (SSSR count). The second kappa shape index (κ2) is 7.76. The lowest BCUT2D eigenvalue weighted by Crippen LogP contribution is -2.41. The number of anilines is 1. The van der Waals surface area contributed by atoms with Crippen LogP contribution in [-0.4, -0.2) is 71.8 Å². The number of amides is 2. The number of benzene rings is 1. The zero-order valence-corrected chi connectivity index (χ0v) is 17.9. The molecule has 0 aliphatic carbocycles. The number of thiazole rings is 1. The molecule has 2 fully saturated rings. The summed E-state index contributed by atoms with van der Waals surface area (Å²) in [5, 5.41) is 2.13. The van der Waals surface area contributed by atoms with Crippen molar-refractivity contribution in [2.75, 3.05) is 46.0 Å². The molecule has 2 aliphatic rings. The van der Waals surface area contributed by atoms with Crippen molar-refractivity contribution in [2.24, 2.45) is 11.8 Å². The van der Waals surface area contributed by atoms with Crippen LogP contribution < -0.4 is 5.73 Å². The van der Waals surface area contributed by atoms with Crippen molar-refractivity contribution in [3.8, 4) is 0 Å². The molecule has 8 heteroatoms. The van der Waals surface area contributed by atoms with Gasteiger partial charge in [-0.1, -0.05) is 24.3 Å². The molecular formula is C21H27N5O2S. The molecule has 0 radical (unpaired) electrons. The van der Waals surface area contributed by atoms with Gasteiger partial charge in [0.1, 0.15) is 5.69 Å². The molecule has 0 unspecified atom stereocenters. The SMILES string of the molecule is Cc1ccccc1[C@H]1[C@@H]2CN(C(=O)c3csc(N)n3)C[C@@H]2CN1C(=O)CN(C)C. The van der Waals surface area contributed by atoms with Crippen LogP contribution in [-0.2, 0) is 4.79 Å². The number of carbonyl (C=O) groups excluding carboxylic acids is 2. The quantitative estimate of drug-likeness (QED) is 0.827. The van der Waals surface area contributed by atoms with Crippen LogP contribution in [0.5, 0.6) is 0 Å². The third kappa shape index (κ3) is 3.74. The molecule has 154 valence electrons. The number of hydrogen-bond acceptors (Lipinski definition) is 6. The number of carbonyl (C=O) groups is 2. The summed E-state index contributed by atoms with van der Waals surface area (Å²) < 4.78 is 0. The fraction of sp³-hybridized carbons (Fsp3) is 0.476. The number of hydrogen-bond donors (Lipinski definition) is 1. The van der Waals surface area contributed by atoms with Crippen molar-refractivity contribution in [3.05, 3.63) is 46.5 Å². The number of nitrogens with zero attached hydrogens (tertiary/aromatic N) is 4. The monoisotopic (exact) mass is 413 g/mol. The van der Waals surface area contributed by atoms with Crippen molar-refractivity contribution >= 4 is 28.3 Å². The van der Waals surface area contributed by atoms with Gasteiger partial charge in [0.25, 0.3) is 5.91 Å². The van der Waals surface area contributed by atoms with Crippen LogP contribution >= 0.6 is 11.3 Å². The van der Waals surface area contributed by atoms with Crippen LogP contribution in [0.2, 0.25) is 0 Å². The molecule has 7 nitrogen and oxygen atoms in total. The summed E-state index contributed by atoms with van der Waals surface area (Å²) in [6, 6.07) is 8.25. The van der Waals surface area contributed by atoms with E-state index >= 15 is 0 Å². The van der Waals surface area contributed by atoms with Crippen LogP contribution in [0.1, 0.15) is 27.7 Å². The third-order valence-electron chi connectivity index (χ3n) is 5.97. The van der Waals surface area contributed by atoms with Crippen LogP contribution in [0.4, 0.5) is 5.13 Å². The molecule has 0 saturated carbocycles. The number of aromatic nitrogens is 1. The first-order valence-corrected chi connectivity index (χ1v) is 10.7. The summed E-state index contributed by atoms with van der Waals surface area (Å²) in [6.07, 6.45) is 0. The maximum atomic E-state index is 13.0. The Balaban J connectivity index is 1.61. The highest BCUT2D eigenvalue weighted by Gasteiger charge is 2.50. The van der Waals surface area contributed by atoms with Crippen molar-refractivity contribution in [1.82, 2.24) is 19.7 Å². The van der Waals surface area contributed by atoms with Crippen LogP contribution in [0, 0.1) is 18.8 Å². The molecule has 3 heterocycles. The zero-order chi connectivity index (χ0) is 20.7. The van der Waals surface area contributed by atoms with E-state index < -0.39 is 0 Å². The second-order valence-electron chi connectivity index (χ2n) is 8.29. The summed E-state index contributed by atoms with van der Waals surface area (Å²) >= 11 is 1.28. The Morgan fingerprint density at radius 1 is 1.24 bits per heavy atom. The molecule has 2 aromatic rings. The molecule has 2 aliphatic heterocycles. The Morgan fingerprint density at radius 2 is 2.00 bits per heavy atom. The third-order valence-corrected chi connectivity index (χ3v) is 6.65. The van der Waals surface area contributed by atoms with E-state index in [0.717, 1.165) is 0 Å². The fourth-order valence-electron chi connectivity index (χ4n) is 4.69. The first-order chi connectivity index (χ1) is 13.8. The van der Waals surface area contributed by atoms with Crippen molar-refractivity contribution in [3.63, 3.8) is 0 Å². The van der Waals surface area contributed by atoms with E-state index in [9.17, 15) is 9.59 Å². The number of likely N-dealkylation sites (tertiary alicyclic amines) is 2. The summed E-state index contributed by atoms with van der Waals surface area (Å²) in [5.41, 5.74) is 8.48. The summed E-state index contributed by atoms with van der Waals surface area (Å²) in [6.45, 7) is 4.44. The summed E-state index contributed by atoms with van der Waals surface area (Å²) in [4.78, 5) is 35.9. The minimum Gasteiger partial charge on any atom is -0.375 e. The van der Waals surface area contributed by atoms with E-state index in [1.165, 1.54) is 22.5 Å². The molecule has 2 N–H and O–H groups in total. The van der Waals surface area contributed by atoms with Gasteiger partial charge < -0.3 is 20.4 Å². The second-order valence-corrected chi connectivity index (χ2v) is 9.18. The molecule has 2 saturated heterocycles. The van der Waals surface area contributed by atoms with Gasteiger partial charge in [0, 0.05) is 36.9 Å². The molecule has 2 amide bonds. The average molecular weight is 414 g/mol. The van der Waals surface area contributed by atoms with Gasteiger partial charge in [-0.15, -0.1) is 11.3 Å². The van der Waals surface area contributed by atoms with Gasteiger partial charge in [0.2, 0.25) is 5.91 Å². The number of rotatable bonds is 4. The first-order valence-electron chi connectivity index (χ1n) is 9.85. The highest BCUT2D eigenvalue weighted by atomic mass is 32.1. The van der Waals surface area contributed by atoms with E-state index in [4.69, 9.17) is 5.73 Å². The van der Waals surface area contributed by atoms with Gasteiger partial charge in [-0.25, -0.2) is 4.98 Å².